The Labute approximate surface area is 363 Å². The first-order valence-corrected chi connectivity index (χ1v) is 23.2. The van der Waals surface area contributed by atoms with Crippen LogP contribution in [0.5, 0.6) is 0 Å². The van der Waals surface area contributed by atoms with Crippen molar-refractivity contribution in [2.45, 2.75) is 194 Å². The smallest absolute Gasteiger partial charge is 0.292 e. The molecule has 10 aliphatic heterocycles. The molecule has 1 aromatic rings. The second kappa shape index (κ2) is 17.5. The number of aliphatic hydroxyl groups excluding tert-OH is 1. The van der Waals surface area contributed by atoms with Crippen LogP contribution in [0, 0.1) is 11.8 Å². The molecule has 10 aliphatic rings. The third-order valence-electron chi connectivity index (χ3n) is 15.4. The Kier molecular flexibility index (Phi) is 12.1. The zero-order valence-corrected chi connectivity index (χ0v) is 35.9. The van der Waals surface area contributed by atoms with E-state index < -0.39 is 48.0 Å². The molecule has 10 saturated heterocycles. The number of hydrogen-bond acceptors (Lipinski definition) is 13. The molecule has 10 fully saturated rings. The number of aliphatic hydroxyl groups is 1. The number of Topliss-reactive ketones (excluding diaryl/α,β-unsaturated/α-hetero) is 2. The van der Waals surface area contributed by atoms with Gasteiger partial charge >= 0.3 is 0 Å². The standard InChI is InChI=1S/C48H63NO13/c1-24-16-30-10-12-34-25(2)17-32(55-34)14-15-48-22-39-43(61-48)44-45(60-39)46(62-48)42-35(59-44)13-11-31(57-42)18-28(50)19-33-37(21-36(56-30)26(24)3)58-38(41(33)54-4)20-29(51)23-49-47(53)40(52)27-8-6-5-7-9-27/h5-9,24,29-39,41-46,51H,2-3,10-23H2,1,4H3,(H,49,53)/t24-,29+,30+,31-,32+,33+,34+,35+,36-,37+,38-,39+,41-,42+,43+,44?,45-,46+,48+/m1/s1. The number of methoxy groups -OCH3 is 1. The Bertz CT molecular complexity index is 1880. The van der Waals surface area contributed by atoms with Gasteiger partial charge in [-0.25, -0.2) is 0 Å². The number of carbonyl (C=O) groups excluding carboxylic acids is 3. The molecule has 1 spiro atoms. The number of carbonyl (C=O) groups is 3. The summed E-state index contributed by atoms with van der Waals surface area (Å²) in [6.07, 6.45) is 2.56. The van der Waals surface area contributed by atoms with Crippen molar-refractivity contribution < 1.29 is 62.1 Å². The van der Waals surface area contributed by atoms with E-state index in [4.69, 9.17) is 42.6 Å². The highest BCUT2D eigenvalue weighted by Gasteiger charge is 2.68. The normalized spacial score (nSPS) is 45.6. The van der Waals surface area contributed by atoms with E-state index in [-0.39, 0.29) is 116 Å². The molecule has 2 N–H and O–H groups in total. The molecule has 19 atom stereocenters. The monoisotopic (exact) mass is 861 g/mol. The molecule has 11 rings (SSSR count). The quantitative estimate of drug-likeness (QED) is 0.224. The first-order valence-electron chi connectivity index (χ1n) is 23.2. The molecule has 62 heavy (non-hydrogen) atoms. The van der Waals surface area contributed by atoms with Gasteiger partial charge in [0.2, 0.25) is 5.78 Å². The van der Waals surface area contributed by atoms with Crippen LogP contribution in [-0.4, -0.2) is 140 Å². The Hall–Kier alpha value is -2.89. The van der Waals surface area contributed by atoms with Gasteiger partial charge in [0.25, 0.3) is 5.91 Å². The van der Waals surface area contributed by atoms with Crippen molar-refractivity contribution in [1.29, 1.82) is 0 Å². The van der Waals surface area contributed by atoms with Crippen molar-refractivity contribution in [3.63, 3.8) is 0 Å². The molecule has 0 aromatic heterocycles. The van der Waals surface area contributed by atoms with Crippen molar-refractivity contribution in [1.82, 2.24) is 5.32 Å². The van der Waals surface area contributed by atoms with Crippen molar-refractivity contribution in [2.75, 3.05) is 13.7 Å². The zero-order chi connectivity index (χ0) is 42.9. The third kappa shape index (κ3) is 8.31. The summed E-state index contributed by atoms with van der Waals surface area (Å²) in [6, 6.07) is 8.29. The largest absolute Gasteiger partial charge is 0.391 e. The molecule has 0 saturated carbocycles. The number of amides is 1. The number of rotatable bonds is 7. The van der Waals surface area contributed by atoms with Gasteiger partial charge in [0.15, 0.2) is 5.79 Å². The number of fused-ring (bicyclic) bond motifs is 6. The third-order valence-corrected chi connectivity index (χ3v) is 15.4. The van der Waals surface area contributed by atoms with E-state index in [0.29, 0.717) is 25.7 Å². The lowest BCUT2D eigenvalue weighted by Gasteiger charge is -2.47. The van der Waals surface area contributed by atoms with E-state index in [2.05, 4.69) is 25.4 Å². The van der Waals surface area contributed by atoms with Crippen molar-refractivity contribution in [2.24, 2.45) is 11.8 Å². The Morgan fingerprint density at radius 2 is 1.55 bits per heavy atom. The molecule has 12 bridgehead atoms. The minimum atomic E-state index is -1.05. The Morgan fingerprint density at radius 3 is 2.37 bits per heavy atom. The topological polar surface area (TPSA) is 167 Å². The van der Waals surface area contributed by atoms with Gasteiger partial charge in [0.1, 0.15) is 36.3 Å². The van der Waals surface area contributed by atoms with Gasteiger partial charge in [-0.3, -0.25) is 14.4 Å². The molecular weight excluding hydrogens is 799 g/mol. The lowest BCUT2D eigenvalue weighted by molar-refractivity contribution is -0.292. The highest BCUT2D eigenvalue weighted by molar-refractivity contribution is 6.42. The SMILES string of the molecule is C=C1C[C@@H]2CC[C@@]34C[C@@H]5O[C@@H]6C(O[C@H]7CC[C@H](CC(=O)C[C@@H]8[C@@H](OC)[C@@H](C[C@H](O)CNC(=O)C(=O)c9ccccc9)O[C@H]8C[C@H]8O[C@@H](CC[C@@H]1O2)C[C@@H](C)C8=C)O[C@@H]7[C@@H]6O3)[C@H]5O4. The maximum atomic E-state index is 14.3. The van der Waals surface area contributed by atoms with Crippen LogP contribution in [0.25, 0.3) is 0 Å². The van der Waals surface area contributed by atoms with Gasteiger partial charge in [-0.05, 0) is 62.0 Å². The summed E-state index contributed by atoms with van der Waals surface area (Å²) in [5, 5.41) is 13.8. The van der Waals surface area contributed by atoms with Crippen molar-refractivity contribution >= 4 is 17.5 Å². The fourth-order valence-corrected chi connectivity index (χ4v) is 12.3. The number of nitrogens with one attached hydrogen (secondary N) is 1. The van der Waals surface area contributed by atoms with Crippen LogP contribution in [0.4, 0.5) is 0 Å². The van der Waals surface area contributed by atoms with Crippen LogP contribution in [0.2, 0.25) is 0 Å². The van der Waals surface area contributed by atoms with Gasteiger partial charge in [-0.1, -0.05) is 50.4 Å². The maximum Gasteiger partial charge on any atom is 0.292 e. The van der Waals surface area contributed by atoms with Gasteiger partial charge in [-0.2, -0.15) is 0 Å². The number of benzene rings is 1. The summed E-state index contributed by atoms with van der Waals surface area (Å²) in [5.41, 5.74) is 2.37. The fourth-order valence-electron chi connectivity index (χ4n) is 12.3. The number of ketones is 2. The number of ether oxygens (including phenoxy) is 9. The van der Waals surface area contributed by atoms with Crippen LogP contribution in [0.15, 0.2) is 54.6 Å². The average Bonchev–Trinajstić information content (AvgIpc) is 3.94. The Balaban J connectivity index is 0.881. The van der Waals surface area contributed by atoms with Gasteiger partial charge in [0.05, 0.1) is 67.1 Å². The molecule has 0 radical (unpaired) electrons. The summed E-state index contributed by atoms with van der Waals surface area (Å²) in [4.78, 5) is 39.7. The Morgan fingerprint density at radius 1 is 0.806 bits per heavy atom. The molecule has 1 unspecified atom stereocenters. The van der Waals surface area contributed by atoms with E-state index in [9.17, 15) is 19.5 Å². The van der Waals surface area contributed by atoms with E-state index in [1.165, 1.54) is 0 Å². The summed E-state index contributed by atoms with van der Waals surface area (Å²) < 4.78 is 60.4. The predicted octanol–water partition coefficient (Wildman–Crippen LogP) is 4.48. The second-order valence-corrected chi connectivity index (χ2v) is 19.6. The summed E-state index contributed by atoms with van der Waals surface area (Å²) in [5.74, 6) is -2.41. The lowest BCUT2D eigenvalue weighted by Crippen LogP contribution is -2.61. The lowest BCUT2D eigenvalue weighted by atomic mass is 9.81. The summed E-state index contributed by atoms with van der Waals surface area (Å²) in [7, 11) is 1.60. The van der Waals surface area contributed by atoms with Gasteiger partial charge in [0, 0.05) is 63.7 Å². The summed E-state index contributed by atoms with van der Waals surface area (Å²) >= 11 is 0. The molecular formula is C48H63NO13. The van der Waals surface area contributed by atoms with Crippen molar-refractivity contribution in [3.05, 3.63) is 60.2 Å². The van der Waals surface area contributed by atoms with Crippen LogP contribution >= 0.6 is 0 Å². The second-order valence-electron chi connectivity index (χ2n) is 19.6. The first kappa shape index (κ1) is 43.0. The highest BCUT2D eigenvalue weighted by atomic mass is 16.8. The number of hydrogen-bond donors (Lipinski definition) is 2. The molecule has 10 heterocycles. The van der Waals surface area contributed by atoms with Gasteiger partial charge < -0.3 is 53.1 Å². The fraction of sp³-hybridized carbons (Fsp3) is 0.729. The van der Waals surface area contributed by atoms with Crippen LogP contribution in [0.3, 0.4) is 0 Å². The van der Waals surface area contributed by atoms with Crippen molar-refractivity contribution in [3.8, 4) is 0 Å². The van der Waals surface area contributed by atoms with Crippen LogP contribution in [0.1, 0.15) is 101 Å². The molecule has 338 valence electrons. The van der Waals surface area contributed by atoms with Gasteiger partial charge in [-0.15, -0.1) is 0 Å². The first-order chi connectivity index (χ1) is 29.9. The van der Waals surface area contributed by atoms with E-state index in [1.807, 2.05) is 0 Å². The predicted molar refractivity (Wildman–Crippen MR) is 221 cm³/mol. The summed E-state index contributed by atoms with van der Waals surface area (Å²) in [6.45, 7) is 11.0. The highest BCUT2D eigenvalue weighted by Crippen LogP contribution is 2.54. The minimum absolute atomic E-state index is 0.0123. The molecule has 1 aromatic carbocycles. The van der Waals surface area contributed by atoms with Crippen LogP contribution in [-0.2, 0) is 52.2 Å². The van der Waals surface area contributed by atoms with E-state index >= 15 is 0 Å². The zero-order valence-electron chi connectivity index (χ0n) is 35.9. The average molecular weight is 862 g/mol. The molecule has 1 amide bonds. The molecule has 0 aliphatic carbocycles. The molecule has 14 nitrogen and oxygen atoms in total. The molecule has 14 heteroatoms. The van der Waals surface area contributed by atoms with Crippen LogP contribution < -0.4 is 5.32 Å². The minimum Gasteiger partial charge on any atom is -0.391 e. The van der Waals surface area contributed by atoms with E-state index in [0.717, 1.165) is 49.7 Å². The van der Waals surface area contributed by atoms with E-state index in [1.54, 1.807) is 37.4 Å². The maximum absolute atomic E-state index is 14.3.